The fraction of sp³-hybridized carbons (Fsp3) is 0.250. The zero-order valence-corrected chi connectivity index (χ0v) is 9.39. The maximum Gasteiger partial charge on any atom is 0.574 e. The van der Waals surface area contributed by atoms with Crippen molar-refractivity contribution in [1.29, 1.82) is 5.26 Å². The Morgan fingerprint density at radius 2 is 2.06 bits per heavy atom. The van der Waals surface area contributed by atoms with Crippen molar-refractivity contribution in [2.24, 2.45) is 0 Å². The summed E-state index contributed by atoms with van der Waals surface area (Å²) in [4.78, 5) is 3.41. The molecule has 1 rings (SSSR count). The highest BCUT2D eigenvalue weighted by atomic mass is 79.9. The first-order valence-corrected chi connectivity index (χ1v) is 4.57. The van der Waals surface area contributed by atoms with Gasteiger partial charge in [-0.15, -0.1) is 13.2 Å². The van der Waals surface area contributed by atoms with E-state index in [-0.39, 0.29) is 15.9 Å². The number of hydrogen-bond donors (Lipinski definition) is 0. The van der Waals surface area contributed by atoms with Crippen LogP contribution >= 0.6 is 15.9 Å². The van der Waals surface area contributed by atoms with E-state index in [0.29, 0.717) is 0 Å². The summed E-state index contributed by atoms with van der Waals surface area (Å²) in [5.74, 6) is -0.937. The summed E-state index contributed by atoms with van der Waals surface area (Å²) in [6, 6.07) is 2.67. The number of alkyl halides is 3. The van der Waals surface area contributed by atoms with Crippen molar-refractivity contribution in [3.8, 4) is 17.8 Å². The Labute approximate surface area is 96.7 Å². The van der Waals surface area contributed by atoms with Gasteiger partial charge in [0, 0.05) is 0 Å². The maximum atomic E-state index is 12.0. The van der Waals surface area contributed by atoms with Crippen molar-refractivity contribution in [3.05, 3.63) is 16.1 Å². The Morgan fingerprint density at radius 1 is 1.44 bits per heavy atom. The third-order valence-electron chi connectivity index (χ3n) is 1.44. The first-order valence-electron chi connectivity index (χ1n) is 3.77. The molecule has 0 aliphatic carbocycles. The molecule has 8 heteroatoms. The van der Waals surface area contributed by atoms with E-state index in [1.54, 1.807) is 0 Å². The first-order chi connectivity index (χ1) is 7.37. The van der Waals surface area contributed by atoms with E-state index in [1.807, 2.05) is 0 Å². The van der Waals surface area contributed by atoms with Crippen molar-refractivity contribution in [3.63, 3.8) is 0 Å². The van der Waals surface area contributed by atoms with Gasteiger partial charge in [-0.25, -0.2) is 0 Å². The number of rotatable bonds is 2. The highest BCUT2D eigenvalue weighted by Crippen LogP contribution is 2.31. The van der Waals surface area contributed by atoms with Crippen molar-refractivity contribution in [2.45, 2.75) is 6.36 Å². The van der Waals surface area contributed by atoms with Gasteiger partial charge in [-0.3, -0.25) is 0 Å². The van der Waals surface area contributed by atoms with Gasteiger partial charge in [0.2, 0.25) is 11.8 Å². The van der Waals surface area contributed by atoms with Crippen molar-refractivity contribution in [2.75, 3.05) is 7.11 Å². The Balaban J connectivity index is 3.21. The maximum absolute atomic E-state index is 12.0. The molecule has 0 aromatic carbocycles. The van der Waals surface area contributed by atoms with E-state index < -0.39 is 12.2 Å². The van der Waals surface area contributed by atoms with Crippen LogP contribution in [0.15, 0.2) is 10.5 Å². The number of halogens is 4. The number of ether oxygens (including phenoxy) is 2. The predicted octanol–water partition coefficient (Wildman–Crippen LogP) is 2.62. The lowest BCUT2D eigenvalue weighted by molar-refractivity contribution is -0.276. The van der Waals surface area contributed by atoms with E-state index in [2.05, 4.69) is 30.4 Å². The molecular formula is C8H4BrF3N2O2. The third kappa shape index (κ3) is 3.00. The second kappa shape index (κ2) is 4.57. The lowest BCUT2D eigenvalue weighted by Crippen LogP contribution is -2.19. The van der Waals surface area contributed by atoms with Gasteiger partial charge in [0.05, 0.1) is 11.6 Å². The fourth-order valence-electron chi connectivity index (χ4n) is 0.867. The molecule has 1 heterocycles. The molecule has 0 aliphatic heterocycles. The zero-order valence-electron chi connectivity index (χ0n) is 7.80. The van der Waals surface area contributed by atoms with E-state index in [0.717, 1.165) is 6.07 Å². The van der Waals surface area contributed by atoms with Gasteiger partial charge >= 0.3 is 6.36 Å². The summed E-state index contributed by atoms with van der Waals surface area (Å²) in [7, 11) is 1.23. The Morgan fingerprint density at radius 3 is 2.50 bits per heavy atom. The first kappa shape index (κ1) is 12.6. The zero-order chi connectivity index (χ0) is 12.3. The van der Waals surface area contributed by atoms with Crippen molar-refractivity contribution >= 4 is 15.9 Å². The Kier molecular flexibility index (Phi) is 3.59. The minimum absolute atomic E-state index is 0.0988. The van der Waals surface area contributed by atoms with E-state index >= 15 is 0 Å². The molecule has 86 valence electrons. The van der Waals surface area contributed by atoms with Crippen molar-refractivity contribution < 1.29 is 22.6 Å². The SMILES string of the molecule is COc1nc(OC(F)(F)F)c(C#N)cc1Br. The van der Waals surface area contributed by atoms with E-state index in [9.17, 15) is 13.2 Å². The van der Waals surface area contributed by atoms with Gasteiger partial charge in [-0.05, 0) is 22.0 Å². The summed E-state index contributed by atoms with van der Waals surface area (Å²) in [5.41, 5.74) is -0.343. The molecule has 0 saturated heterocycles. The second-order valence-corrected chi connectivity index (χ2v) is 3.35. The predicted molar refractivity (Wildman–Crippen MR) is 49.9 cm³/mol. The van der Waals surface area contributed by atoms with Gasteiger partial charge in [-0.1, -0.05) is 0 Å². The number of nitrogens with zero attached hydrogens (tertiary/aromatic N) is 2. The van der Waals surface area contributed by atoms with Crippen LogP contribution in [0.2, 0.25) is 0 Å². The molecule has 1 aromatic heterocycles. The van der Waals surface area contributed by atoms with Crippen LogP contribution in [-0.4, -0.2) is 18.5 Å². The molecule has 0 N–H and O–H groups in total. The monoisotopic (exact) mass is 296 g/mol. The molecule has 0 saturated carbocycles. The summed E-state index contributed by atoms with van der Waals surface area (Å²) in [6.45, 7) is 0. The van der Waals surface area contributed by atoms with Gasteiger partial charge in [0.15, 0.2) is 0 Å². The smallest absolute Gasteiger partial charge is 0.480 e. The molecular weight excluding hydrogens is 293 g/mol. The van der Waals surface area contributed by atoms with Crippen LogP contribution in [0.25, 0.3) is 0 Å². The molecule has 0 radical (unpaired) electrons. The van der Waals surface area contributed by atoms with Crippen LogP contribution < -0.4 is 9.47 Å². The molecule has 4 nitrogen and oxygen atoms in total. The Bertz CT molecular complexity index is 442. The summed E-state index contributed by atoms with van der Waals surface area (Å²) in [5, 5.41) is 8.60. The lowest BCUT2D eigenvalue weighted by Gasteiger charge is -2.10. The molecule has 0 amide bonds. The molecule has 0 unspecified atom stereocenters. The minimum Gasteiger partial charge on any atom is -0.480 e. The van der Waals surface area contributed by atoms with Gasteiger partial charge < -0.3 is 9.47 Å². The lowest BCUT2D eigenvalue weighted by atomic mass is 10.3. The summed E-state index contributed by atoms with van der Waals surface area (Å²) >= 11 is 2.99. The molecule has 16 heavy (non-hydrogen) atoms. The molecule has 0 fully saturated rings. The average molecular weight is 297 g/mol. The topological polar surface area (TPSA) is 55.1 Å². The molecule has 0 atom stereocenters. The van der Waals surface area contributed by atoms with Gasteiger partial charge in [-0.2, -0.15) is 10.2 Å². The summed E-state index contributed by atoms with van der Waals surface area (Å²) in [6.07, 6.45) is -4.91. The fourth-order valence-corrected chi connectivity index (χ4v) is 1.35. The number of aromatic nitrogens is 1. The summed E-state index contributed by atoms with van der Waals surface area (Å²) < 4.78 is 44.4. The second-order valence-electron chi connectivity index (χ2n) is 2.49. The minimum atomic E-state index is -4.91. The Hall–Kier alpha value is -1.49. The van der Waals surface area contributed by atoms with E-state index in [1.165, 1.54) is 13.2 Å². The quantitative estimate of drug-likeness (QED) is 0.842. The van der Waals surface area contributed by atoms with Gasteiger partial charge in [0.25, 0.3) is 0 Å². The highest BCUT2D eigenvalue weighted by Gasteiger charge is 2.33. The molecule has 0 aliphatic rings. The molecule has 0 spiro atoms. The standard InChI is InChI=1S/C8H4BrF3N2O2/c1-15-7-5(9)2-4(3-13)6(14-7)16-8(10,11)12/h2H,1H3. The van der Waals surface area contributed by atoms with Crippen LogP contribution in [0.3, 0.4) is 0 Å². The average Bonchev–Trinajstić information content (AvgIpc) is 2.18. The largest absolute Gasteiger partial charge is 0.574 e. The molecule has 1 aromatic rings. The third-order valence-corrected chi connectivity index (χ3v) is 2.00. The number of pyridine rings is 1. The molecule has 0 bridgehead atoms. The normalized spacial score (nSPS) is 10.8. The van der Waals surface area contributed by atoms with Crippen molar-refractivity contribution in [1.82, 2.24) is 4.98 Å². The van der Waals surface area contributed by atoms with Crippen LogP contribution in [0.5, 0.6) is 11.8 Å². The van der Waals surface area contributed by atoms with Crippen LogP contribution in [-0.2, 0) is 0 Å². The number of hydrogen-bond acceptors (Lipinski definition) is 4. The number of nitriles is 1. The van der Waals surface area contributed by atoms with Gasteiger partial charge in [0.1, 0.15) is 11.6 Å². The van der Waals surface area contributed by atoms with Crippen LogP contribution in [0.4, 0.5) is 13.2 Å². The van der Waals surface area contributed by atoms with E-state index in [4.69, 9.17) is 5.26 Å². The number of methoxy groups -OCH3 is 1. The van der Waals surface area contributed by atoms with Crippen LogP contribution in [0, 0.1) is 11.3 Å². The van der Waals surface area contributed by atoms with Crippen LogP contribution in [0.1, 0.15) is 5.56 Å². The highest BCUT2D eigenvalue weighted by molar-refractivity contribution is 9.10.